The van der Waals surface area contributed by atoms with Crippen LogP contribution < -0.4 is 10.7 Å². The number of carbonyl (C=O) groups excluding carboxylic acids is 1. The third kappa shape index (κ3) is 4.20. The van der Waals surface area contributed by atoms with Crippen LogP contribution in [-0.4, -0.2) is 27.3 Å². The fourth-order valence-corrected chi connectivity index (χ4v) is 6.79. The van der Waals surface area contributed by atoms with Gasteiger partial charge in [0.1, 0.15) is 5.71 Å². The van der Waals surface area contributed by atoms with Gasteiger partial charge in [-0.15, -0.1) is 0 Å². The van der Waals surface area contributed by atoms with Crippen LogP contribution in [0.3, 0.4) is 0 Å². The number of hydrogen-bond acceptors (Lipinski definition) is 4. The Morgan fingerprint density at radius 3 is 2.39 bits per heavy atom. The minimum absolute atomic E-state index is 0.00967. The number of hydrogen-bond donors (Lipinski definition) is 3. The molecule has 1 aromatic carbocycles. The van der Waals surface area contributed by atoms with E-state index in [1.54, 1.807) is 0 Å². The molecule has 2 bridgehead atoms. The summed E-state index contributed by atoms with van der Waals surface area (Å²) in [6, 6.07) is 9.59. The van der Waals surface area contributed by atoms with Gasteiger partial charge in [-0.1, -0.05) is 58.4 Å². The summed E-state index contributed by atoms with van der Waals surface area (Å²) in [6.07, 6.45) is 3.91. The molecular weight excluding hydrogens is 406 g/mol. The standard InChI is InChI=1S/C25H33N3O2S/c1-22(2)13-24(5)12-16-11-23(3,4)20(19(29)18(16)25(30,14-22)15-24)27-28-21(31)26-17-9-7-6-8-10-17/h6-10,30H,11-15H2,1-5H3,(H2,26,28,31)/t24-,25+/m1/s1. The van der Waals surface area contributed by atoms with Crippen molar-refractivity contribution in [1.82, 2.24) is 5.43 Å². The van der Waals surface area contributed by atoms with Crippen molar-refractivity contribution < 1.29 is 9.90 Å². The monoisotopic (exact) mass is 439 g/mol. The van der Waals surface area contributed by atoms with Gasteiger partial charge < -0.3 is 10.4 Å². The first kappa shape index (κ1) is 22.2. The first-order valence-electron chi connectivity index (χ1n) is 11.0. The number of aliphatic hydroxyl groups is 1. The van der Waals surface area contributed by atoms with Gasteiger partial charge in [0.2, 0.25) is 5.78 Å². The molecule has 0 amide bonds. The second-order valence-electron chi connectivity index (χ2n) is 11.5. The Morgan fingerprint density at radius 1 is 1.03 bits per heavy atom. The predicted molar refractivity (Wildman–Crippen MR) is 129 cm³/mol. The third-order valence-electron chi connectivity index (χ3n) is 6.89. The highest BCUT2D eigenvalue weighted by Crippen LogP contribution is 2.61. The summed E-state index contributed by atoms with van der Waals surface area (Å²) in [5.41, 5.74) is 4.36. The van der Waals surface area contributed by atoms with Gasteiger partial charge in [0, 0.05) is 16.7 Å². The molecule has 31 heavy (non-hydrogen) atoms. The summed E-state index contributed by atoms with van der Waals surface area (Å²) >= 11 is 5.37. The number of benzene rings is 1. The molecule has 0 aromatic heterocycles. The van der Waals surface area contributed by atoms with Crippen molar-refractivity contribution in [1.29, 1.82) is 0 Å². The van der Waals surface area contributed by atoms with E-state index in [0.717, 1.165) is 30.5 Å². The maximum absolute atomic E-state index is 13.7. The molecule has 0 saturated heterocycles. The number of rotatable bonds is 2. The Kier molecular flexibility index (Phi) is 5.17. The molecule has 166 valence electrons. The van der Waals surface area contributed by atoms with Gasteiger partial charge in [-0.25, -0.2) is 0 Å². The second kappa shape index (κ2) is 7.24. The highest BCUT2D eigenvalue weighted by molar-refractivity contribution is 7.80. The zero-order chi connectivity index (χ0) is 22.7. The topological polar surface area (TPSA) is 73.7 Å². The number of carbonyl (C=O) groups is 1. The van der Waals surface area contributed by atoms with E-state index in [4.69, 9.17) is 12.2 Å². The van der Waals surface area contributed by atoms with E-state index < -0.39 is 11.0 Å². The number of allylic oxidation sites excluding steroid dienone is 1. The quantitative estimate of drug-likeness (QED) is 0.448. The second-order valence-corrected chi connectivity index (χ2v) is 11.9. The third-order valence-corrected chi connectivity index (χ3v) is 7.09. The Bertz CT molecular complexity index is 995. The van der Waals surface area contributed by atoms with E-state index in [1.807, 2.05) is 44.2 Å². The SMILES string of the molecule is CC1(C)C[C@@]2(C)CC3=C(C(=O)C(=NNC(=S)Nc4ccccc4)C(C)(C)C3)[C@](O)(C1)C2. The van der Waals surface area contributed by atoms with Crippen LogP contribution in [0.1, 0.15) is 66.7 Å². The smallest absolute Gasteiger partial charge is 0.208 e. The van der Waals surface area contributed by atoms with Crippen molar-refractivity contribution in [2.45, 2.75) is 72.3 Å². The Hall–Kier alpha value is -2.05. The van der Waals surface area contributed by atoms with Crippen LogP contribution in [0.2, 0.25) is 0 Å². The van der Waals surface area contributed by atoms with Crippen LogP contribution in [0.25, 0.3) is 0 Å². The molecule has 0 unspecified atom stereocenters. The molecular formula is C25H33N3O2S. The molecule has 6 heteroatoms. The molecule has 5 nitrogen and oxygen atoms in total. The Labute approximate surface area is 190 Å². The number of para-hydroxylation sites is 1. The maximum Gasteiger partial charge on any atom is 0.208 e. The Balaban J connectivity index is 1.63. The van der Waals surface area contributed by atoms with Gasteiger partial charge in [0.05, 0.1) is 5.60 Å². The summed E-state index contributed by atoms with van der Waals surface area (Å²) in [4.78, 5) is 13.7. The fraction of sp³-hybridized carbons (Fsp3) is 0.560. The lowest BCUT2D eigenvalue weighted by Crippen LogP contribution is -2.56. The molecule has 3 aliphatic carbocycles. The Morgan fingerprint density at radius 2 is 1.71 bits per heavy atom. The molecule has 3 N–H and O–H groups in total. The van der Waals surface area contributed by atoms with Gasteiger partial charge in [-0.2, -0.15) is 5.10 Å². The van der Waals surface area contributed by atoms with Crippen LogP contribution in [-0.2, 0) is 4.79 Å². The van der Waals surface area contributed by atoms with Gasteiger partial charge in [0.25, 0.3) is 0 Å². The van der Waals surface area contributed by atoms with Crippen LogP contribution in [0.5, 0.6) is 0 Å². The molecule has 4 rings (SSSR count). The van der Waals surface area contributed by atoms with Crippen molar-refractivity contribution in [2.75, 3.05) is 5.32 Å². The first-order chi connectivity index (χ1) is 14.3. The van der Waals surface area contributed by atoms with E-state index in [-0.39, 0.29) is 16.6 Å². The fourth-order valence-electron chi connectivity index (χ4n) is 6.63. The average molecular weight is 440 g/mol. The lowest BCUT2D eigenvalue weighted by atomic mass is 9.49. The van der Waals surface area contributed by atoms with Crippen molar-refractivity contribution in [3.8, 4) is 0 Å². The number of hydrazone groups is 1. The summed E-state index contributed by atoms with van der Waals surface area (Å²) in [6.45, 7) is 10.7. The number of Topliss-reactive ketones (excluding diaryl/α,β-unsaturated/α-hetero) is 1. The van der Waals surface area contributed by atoms with Crippen molar-refractivity contribution in [3.63, 3.8) is 0 Å². The van der Waals surface area contributed by atoms with Crippen LogP contribution in [0, 0.1) is 16.2 Å². The number of nitrogens with zero attached hydrogens (tertiary/aromatic N) is 1. The van der Waals surface area contributed by atoms with Crippen molar-refractivity contribution >= 4 is 34.5 Å². The molecule has 1 fully saturated rings. The van der Waals surface area contributed by atoms with Gasteiger partial charge >= 0.3 is 0 Å². The van der Waals surface area contributed by atoms with Crippen LogP contribution >= 0.6 is 12.2 Å². The van der Waals surface area contributed by atoms with Crippen LogP contribution in [0.15, 0.2) is 46.6 Å². The average Bonchev–Trinajstić information content (AvgIpc) is 2.57. The molecule has 3 aliphatic rings. The highest BCUT2D eigenvalue weighted by atomic mass is 32.1. The number of nitrogens with one attached hydrogen (secondary N) is 2. The maximum atomic E-state index is 13.7. The molecule has 2 atom stereocenters. The lowest BCUT2D eigenvalue weighted by Gasteiger charge is -2.57. The van der Waals surface area contributed by atoms with E-state index >= 15 is 0 Å². The predicted octanol–water partition coefficient (Wildman–Crippen LogP) is 4.98. The highest BCUT2D eigenvalue weighted by Gasteiger charge is 2.58. The molecule has 0 heterocycles. The minimum atomic E-state index is -1.08. The minimum Gasteiger partial charge on any atom is -0.385 e. The zero-order valence-electron chi connectivity index (χ0n) is 19.1. The number of ketones is 1. The number of fused-ring (bicyclic) bond motifs is 3. The van der Waals surface area contributed by atoms with Gasteiger partial charge in [-0.05, 0) is 67.3 Å². The lowest BCUT2D eigenvalue weighted by molar-refractivity contribution is -0.119. The normalized spacial score (nSPS) is 32.5. The zero-order valence-corrected chi connectivity index (χ0v) is 19.9. The summed E-state index contributed by atoms with van der Waals surface area (Å²) < 4.78 is 0. The van der Waals surface area contributed by atoms with E-state index in [2.05, 4.69) is 36.6 Å². The van der Waals surface area contributed by atoms with E-state index in [9.17, 15) is 9.90 Å². The number of anilines is 1. The summed E-state index contributed by atoms with van der Waals surface area (Å²) in [7, 11) is 0. The summed E-state index contributed by atoms with van der Waals surface area (Å²) in [5.74, 6) is -0.136. The van der Waals surface area contributed by atoms with Crippen molar-refractivity contribution in [3.05, 3.63) is 41.5 Å². The van der Waals surface area contributed by atoms with Crippen LogP contribution in [0.4, 0.5) is 5.69 Å². The first-order valence-corrected chi connectivity index (χ1v) is 11.4. The van der Waals surface area contributed by atoms with E-state index in [1.165, 1.54) is 0 Å². The summed E-state index contributed by atoms with van der Waals surface area (Å²) in [5, 5.41) is 19.6. The van der Waals surface area contributed by atoms with Gasteiger partial charge in [0.15, 0.2) is 5.11 Å². The molecule has 1 saturated carbocycles. The molecule has 1 aromatic rings. The van der Waals surface area contributed by atoms with Gasteiger partial charge in [-0.3, -0.25) is 10.2 Å². The molecule has 0 radical (unpaired) electrons. The number of thiocarbonyl (C=S) groups is 1. The molecule has 0 aliphatic heterocycles. The van der Waals surface area contributed by atoms with E-state index in [0.29, 0.717) is 29.2 Å². The van der Waals surface area contributed by atoms with Crippen molar-refractivity contribution in [2.24, 2.45) is 21.3 Å². The largest absolute Gasteiger partial charge is 0.385 e. The molecule has 0 spiro atoms.